The molecule has 2 heterocycles. The summed E-state index contributed by atoms with van der Waals surface area (Å²) >= 11 is 0. The molecule has 4 nitrogen and oxygen atoms in total. The Morgan fingerprint density at radius 2 is 2.27 bits per heavy atom. The number of rotatable bonds is 4. The van der Waals surface area contributed by atoms with Gasteiger partial charge < -0.3 is 20.4 Å². The van der Waals surface area contributed by atoms with Gasteiger partial charge in [0.05, 0.1) is 6.26 Å². The minimum absolute atomic E-state index is 0.332. The molecule has 4 heteroatoms. The lowest BCUT2D eigenvalue weighted by Crippen LogP contribution is -2.45. The highest BCUT2D eigenvalue weighted by Crippen LogP contribution is 2.16. The summed E-state index contributed by atoms with van der Waals surface area (Å²) in [5, 5.41) is 3.34. The number of nitrogens with one attached hydrogen (secondary N) is 1. The minimum Gasteiger partial charge on any atom is -0.469 e. The van der Waals surface area contributed by atoms with E-state index in [-0.39, 0.29) is 0 Å². The van der Waals surface area contributed by atoms with Gasteiger partial charge >= 0.3 is 0 Å². The van der Waals surface area contributed by atoms with Gasteiger partial charge in [0.2, 0.25) is 0 Å². The first-order valence-electron chi connectivity index (χ1n) is 5.56. The van der Waals surface area contributed by atoms with Gasteiger partial charge in [-0.15, -0.1) is 0 Å². The van der Waals surface area contributed by atoms with Gasteiger partial charge in [0, 0.05) is 45.2 Å². The second kappa shape index (κ2) is 5.30. The van der Waals surface area contributed by atoms with Crippen molar-refractivity contribution in [2.24, 2.45) is 5.73 Å². The van der Waals surface area contributed by atoms with Crippen molar-refractivity contribution in [3.8, 4) is 0 Å². The monoisotopic (exact) mass is 209 g/mol. The third-order valence-corrected chi connectivity index (χ3v) is 2.92. The molecule has 0 aromatic carbocycles. The summed E-state index contributed by atoms with van der Waals surface area (Å²) < 4.78 is 5.41. The average molecular weight is 209 g/mol. The van der Waals surface area contributed by atoms with Crippen LogP contribution in [0.25, 0.3) is 0 Å². The van der Waals surface area contributed by atoms with Gasteiger partial charge in [-0.3, -0.25) is 0 Å². The molecule has 1 unspecified atom stereocenters. The molecule has 1 aromatic rings. The molecule has 0 bridgehead atoms. The van der Waals surface area contributed by atoms with Crippen molar-refractivity contribution < 1.29 is 4.42 Å². The van der Waals surface area contributed by atoms with Crippen molar-refractivity contribution >= 4 is 0 Å². The summed E-state index contributed by atoms with van der Waals surface area (Å²) in [5.41, 5.74) is 5.78. The Morgan fingerprint density at radius 3 is 2.87 bits per heavy atom. The van der Waals surface area contributed by atoms with Crippen LogP contribution >= 0.6 is 0 Å². The molecular formula is C11H19N3O. The van der Waals surface area contributed by atoms with Crippen molar-refractivity contribution in [3.05, 3.63) is 24.2 Å². The summed E-state index contributed by atoms with van der Waals surface area (Å²) in [4.78, 5) is 2.44. The van der Waals surface area contributed by atoms with Crippen LogP contribution in [0.3, 0.4) is 0 Å². The quantitative estimate of drug-likeness (QED) is 0.745. The predicted molar refractivity (Wildman–Crippen MR) is 59.8 cm³/mol. The van der Waals surface area contributed by atoms with E-state index < -0.39 is 0 Å². The van der Waals surface area contributed by atoms with E-state index in [2.05, 4.69) is 10.2 Å². The van der Waals surface area contributed by atoms with Crippen LogP contribution in [0.5, 0.6) is 0 Å². The molecule has 1 fully saturated rings. The average Bonchev–Trinajstić information content (AvgIpc) is 2.81. The maximum atomic E-state index is 5.78. The summed E-state index contributed by atoms with van der Waals surface area (Å²) in [6, 6.07) is 3.94. The second-order valence-electron chi connectivity index (χ2n) is 4.00. The molecule has 1 atom stereocenters. The zero-order valence-corrected chi connectivity index (χ0v) is 8.98. The molecule has 1 saturated heterocycles. The van der Waals surface area contributed by atoms with E-state index in [1.807, 2.05) is 12.1 Å². The molecule has 1 aromatic heterocycles. The van der Waals surface area contributed by atoms with Crippen molar-refractivity contribution in [1.82, 2.24) is 10.2 Å². The molecule has 1 aliphatic rings. The van der Waals surface area contributed by atoms with E-state index in [1.54, 1.807) is 6.26 Å². The molecular weight excluding hydrogens is 190 g/mol. The van der Waals surface area contributed by atoms with Gasteiger partial charge in [-0.1, -0.05) is 0 Å². The first-order chi connectivity index (χ1) is 7.40. The van der Waals surface area contributed by atoms with Crippen molar-refractivity contribution in [2.45, 2.75) is 5.92 Å². The van der Waals surface area contributed by atoms with E-state index in [0.717, 1.165) is 38.5 Å². The highest BCUT2D eigenvalue weighted by Gasteiger charge is 2.18. The fraction of sp³-hybridized carbons (Fsp3) is 0.636. The third-order valence-electron chi connectivity index (χ3n) is 2.92. The van der Waals surface area contributed by atoms with Gasteiger partial charge in [-0.05, 0) is 12.1 Å². The van der Waals surface area contributed by atoms with E-state index in [1.165, 1.54) is 0 Å². The number of piperazine rings is 1. The van der Waals surface area contributed by atoms with Gasteiger partial charge in [0.1, 0.15) is 5.76 Å². The van der Waals surface area contributed by atoms with Crippen molar-refractivity contribution in [3.63, 3.8) is 0 Å². The second-order valence-corrected chi connectivity index (χ2v) is 4.00. The zero-order valence-electron chi connectivity index (χ0n) is 8.98. The Balaban J connectivity index is 1.90. The van der Waals surface area contributed by atoms with E-state index in [9.17, 15) is 0 Å². The lowest BCUT2D eigenvalue weighted by atomic mass is 10.1. The fourth-order valence-corrected chi connectivity index (χ4v) is 2.01. The summed E-state index contributed by atoms with van der Waals surface area (Å²) in [6.45, 7) is 6.03. The van der Waals surface area contributed by atoms with Gasteiger partial charge in [0.25, 0.3) is 0 Å². The molecule has 3 N–H and O–H groups in total. The summed E-state index contributed by atoms with van der Waals surface area (Å²) in [7, 11) is 0. The van der Waals surface area contributed by atoms with Crippen LogP contribution in [0.4, 0.5) is 0 Å². The largest absolute Gasteiger partial charge is 0.469 e. The molecule has 15 heavy (non-hydrogen) atoms. The molecule has 84 valence electrons. The highest BCUT2D eigenvalue weighted by atomic mass is 16.3. The van der Waals surface area contributed by atoms with E-state index >= 15 is 0 Å². The SMILES string of the molecule is NCC(CN1CCNCC1)c1ccco1. The molecule has 0 saturated carbocycles. The predicted octanol–water partition coefficient (Wildman–Crippen LogP) is 0.227. The Bertz CT molecular complexity index is 267. The van der Waals surface area contributed by atoms with Crippen molar-refractivity contribution in [2.75, 3.05) is 39.3 Å². The van der Waals surface area contributed by atoms with Crippen LogP contribution < -0.4 is 11.1 Å². The topological polar surface area (TPSA) is 54.4 Å². The first-order valence-corrected chi connectivity index (χ1v) is 5.56. The summed E-state index contributed by atoms with van der Waals surface area (Å²) in [6.07, 6.45) is 1.72. The number of furan rings is 1. The Labute approximate surface area is 90.4 Å². The fourth-order valence-electron chi connectivity index (χ4n) is 2.01. The number of nitrogens with two attached hydrogens (primary N) is 1. The minimum atomic E-state index is 0.332. The molecule has 1 aliphatic heterocycles. The van der Waals surface area contributed by atoms with Crippen LogP contribution in [0.15, 0.2) is 22.8 Å². The highest BCUT2D eigenvalue weighted by molar-refractivity contribution is 5.06. The van der Waals surface area contributed by atoms with Gasteiger partial charge in [-0.25, -0.2) is 0 Å². The Kier molecular flexibility index (Phi) is 3.77. The van der Waals surface area contributed by atoms with Crippen molar-refractivity contribution in [1.29, 1.82) is 0 Å². The summed E-state index contributed by atoms with van der Waals surface area (Å²) in [5.74, 6) is 1.34. The van der Waals surface area contributed by atoms with Gasteiger partial charge in [-0.2, -0.15) is 0 Å². The van der Waals surface area contributed by atoms with E-state index in [4.69, 9.17) is 10.2 Å². The van der Waals surface area contributed by atoms with E-state index in [0.29, 0.717) is 12.5 Å². The lowest BCUT2D eigenvalue weighted by molar-refractivity contribution is 0.220. The smallest absolute Gasteiger partial charge is 0.109 e. The third kappa shape index (κ3) is 2.81. The molecule has 2 rings (SSSR count). The Morgan fingerprint density at radius 1 is 1.47 bits per heavy atom. The van der Waals surface area contributed by atoms with Crippen LogP contribution in [0.2, 0.25) is 0 Å². The lowest BCUT2D eigenvalue weighted by Gasteiger charge is -2.29. The first kappa shape index (κ1) is 10.7. The maximum absolute atomic E-state index is 5.78. The number of hydrogen-bond donors (Lipinski definition) is 2. The Hall–Kier alpha value is -0.840. The zero-order chi connectivity index (χ0) is 10.5. The molecule has 0 aliphatic carbocycles. The van der Waals surface area contributed by atoms with Crippen LogP contribution in [0, 0.1) is 0 Å². The molecule has 0 radical (unpaired) electrons. The molecule has 0 spiro atoms. The van der Waals surface area contributed by atoms with Crippen LogP contribution in [-0.4, -0.2) is 44.2 Å². The maximum Gasteiger partial charge on any atom is 0.109 e. The number of hydrogen-bond acceptors (Lipinski definition) is 4. The number of nitrogens with zero attached hydrogens (tertiary/aromatic N) is 1. The van der Waals surface area contributed by atoms with Crippen LogP contribution in [0.1, 0.15) is 11.7 Å². The standard InChI is InChI=1S/C11H19N3O/c12-8-10(11-2-1-7-15-11)9-14-5-3-13-4-6-14/h1-2,7,10,13H,3-6,8-9,12H2. The van der Waals surface area contributed by atoms with Gasteiger partial charge in [0.15, 0.2) is 0 Å². The molecule has 0 amide bonds. The normalized spacial score (nSPS) is 20.3. The van der Waals surface area contributed by atoms with Crippen LogP contribution in [-0.2, 0) is 0 Å².